The fourth-order valence-corrected chi connectivity index (χ4v) is 2.18. The van der Waals surface area contributed by atoms with E-state index in [2.05, 4.69) is 15.6 Å². The minimum Gasteiger partial charge on any atom is -0.383 e. The number of halogens is 1. The van der Waals surface area contributed by atoms with Gasteiger partial charge in [0.2, 0.25) is 0 Å². The van der Waals surface area contributed by atoms with Crippen LogP contribution in [-0.2, 0) is 5.60 Å². The van der Waals surface area contributed by atoms with Crippen molar-refractivity contribution in [1.82, 2.24) is 10.6 Å². The first-order chi connectivity index (χ1) is 8.10. The summed E-state index contributed by atoms with van der Waals surface area (Å²) in [6.07, 6.45) is 0. The first kappa shape index (κ1) is 17.7. The summed E-state index contributed by atoms with van der Waals surface area (Å²) in [7, 11) is 0. The molecule has 0 fully saturated rings. The van der Waals surface area contributed by atoms with Crippen molar-refractivity contribution in [2.75, 3.05) is 19.6 Å². The Morgan fingerprint density at radius 3 is 2.44 bits per heavy atom. The van der Waals surface area contributed by atoms with Gasteiger partial charge in [-0.25, -0.2) is 4.99 Å². The molecular formula is C12H22IN3OS. The van der Waals surface area contributed by atoms with Crippen LogP contribution in [0.5, 0.6) is 0 Å². The molecule has 0 amide bonds. The second kappa shape index (κ2) is 8.71. The van der Waals surface area contributed by atoms with Gasteiger partial charge in [0.05, 0.1) is 6.54 Å². The molecule has 1 aromatic rings. The van der Waals surface area contributed by atoms with Crippen LogP contribution >= 0.6 is 35.3 Å². The van der Waals surface area contributed by atoms with E-state index in [1.54, 1.807) is 18.3 Å². The fraction of sp³-hybridized carbons (Fsp3) is 0.583. The summed E-state index contributed by atoms with van der Waals surface area (Å²) >= 11 is 1.55. The molecular weight excluding hydrogens is 361 g/mol. The number of nitrogens with zero attached hydrogens (tertiary/aromatic N) is 1. The first-order valence-electron chi connectivity index (χ1n) is 5.88. The molecule has 1 heterocycles. The standard InChI is InChI=1S/C12H21N3OS.HI/c1-4-13-11(14-5-2)15-9-12(3,16)10-7-6-8-17-10;/h6-8,16H,4-5,9H2,1-3H3,(H2,13,14,15);1H. The Balaban J connectivity index is 0.00000289. The number of nitrogens with one attached hydrogen (secondary N) is 2. The Kier molecular flexibility index (Phi) is 8.54. The largest absolute Gasteiger partial charge is 0.383 e. The zero-order chi connectivity index (χ0) is 12.7. The highest BCUT2D eigenvalue weighted by Gasteiger charge is 2.23. The van der Waals surface area contributed by atoms with Crippen molar-refractivity contribution < 1.29 is 5.11 Å². The van der Waals surface area contributed by atoms with Gasteiger partial charge in [-0.15, -0.1) is 35.3 Å². The third-order valence-electron chi connectivity index (χ3n) is 2.29. The summed E-state index contributed by atoms with van der Waals surface area (Å²) in [6, 6.07) is 3.87. The second-order valence-electron chi connectivity index (χ2n) is 3.98. The minimum atomic E-state index is -0.899. The molecule has 0 saturated carbocycles. The normalized spacial score (nSPS) is 13.1. The van der Waals surface area contributed by atoms with Crippen LogP contribution in [0.1, 0.15) is 25.6 Å². The average molecular weight is 383 g/mol. The van der Waals surface area contributed by atoms with E-state index in [0.29, 0.717) is 6.54 Å². The summed E-state index contributed by atoms with van der Waals surface area (Å²) in [6.45, 7) is 7.80. The Hall–Kier alpha value is -0.340. The van der Waals surface area contributed by atoms with Crippen LogP contribution in [0.25, 0.3) is 0 Å². The monoisotopic (exact) mass is 383 g/mol. The zero-order valence-electron chi connectivity index (χ0n) is 11.1. The van der Waals surface area contributed by atoms with Gasteiger partial charge in [0.15, 0.2) is 5.96 Å². The molecule has 6 heteroatoms. The number of thiophene rings is 1. The number of aliphatic hydroxyl groups is 1. The van der Waals surface area contributed by atoms with Gasteiger partial charge >= 0.3 is 0 Å². The highest BCUT2D eigenvalue weighted by Crippen LogP contribution is 2.25. The maximum absolute atomic E-state index is 10.3. The van der Waals surface area contributed by atoms with E-state index >= 15 is 0 Å². The van der Waals surface area contributed by atoms with E-state index in [-0.39, 0.29) is 24.0 Å². The zero-order valence-corrected chi connectivity index (χ0v) is 14.2. The smallest absolute Gasteiger partial charge is 0.191 e. The number of rotatable bonds is 5. The van der Waals surface area contributed by atoms with E-state index in [1.807, 2.05) is 31.4 Å². The first-order valence-corrected chi connectivity index (χ1v) is 6.76. The summed E-state index contributed by atoms with van der Waals surface area (Å²) in [4.78, 5) is 5.32. The van der Waals surface area contributed by atoms with Gasteiger partial charge in [-0.3, -0.25) is 0 Å². The predicted octanol–water partition coefficient (Wildman–Crippen LogP) is 2.15. The SMILES string of the molecule is CCNC(=NCC(C)(O)c1cccs1)NCC.I. The van der Waals surface area contributed by atoms with Gasteiger partial charge in [-0.1, -0.05) is 6.07 Å². The number of guanidine groups is 1. The quantitative estimate of drug-likeness (QED) is 0.415. The van der Waals surface area contributed by atoms with E-state index < -0.39 is 5.60 Å². The minimum absolute atomic E-state index is 0. The molecule has 1 aromatic heterocycles. The molecule has 4 nitrogen and oxygen atoms in total. The van der Waals surface area contributed by atoms with Crippen LogP contribution in [0.2, 0.25) is 0 Å². The van der Waals surface area contributed by atoms with E-state index in [1.165, 1.54) is 0 Å². The molecule has 0 aromatic carbocycles. The number of hydrogen-bond donors (Lipinski definition) is 3. The molecule has 0 spiro atoms. The van der Waals surface area contributed by atoms with Gasteiger partial charge in [0.1, 0.15) is 5.60 Å². The molecule has 3 N–H and O–H groups in total. The molecule has 104 valence electrons. The van der Waals surface area contributed by atoms with Crippen molar-refractivity contribution >= 4 is 41.3 Å². The van der Waals surface area contributed by atoms with Crippen molar-refractivity contribution in [3.05, 3.63) is 22.4 Å². The lowest BCUT2D eigenvalue weighted by Crippen LogP contribution is -2.38. The summed E-state index contributed by atoms with van der Waals surface area (Å²) in [5.41, 5.74) is -0.899. The molecule has 1 rings (SSSR count). The van der Waals surface area contributed by atoms with Gasteiger partial charge < -0.3 is 15.7 Å². The van der Waals surface area contributed by atoms with Crippen molar-refractivity contribution in [3.63, 3.8) is 0 Å². The number of hydrogen-bond acceptors (Lipinski definition) is 3. The van der Waals surface area contributed by atoms with E-state index in [0.717, 1.165) is 23.9 Å². The molecule has 0 saturated heterocycles. The molecule has 0 aliphatic carbocycles. The Morgan fingerprint density at radius 2 is 2.00 bits per heavy atom. The fourth-order valence-electron chi connectivity index (χ4n) is 1.41. The third-order valence-corrected chi connectivity index (χ3v) is 3.41. The molecule has 0 aliphatic heterocycles. The lowest BCUT2D eigenvalue weighted by atomic mass is 10.1. The lowest BCUT2D eigenvalue weighted by molar-refractivity contribution is 0.0711. The molecule has 0 bridgehead atoms. The van der Waals surface area contributed by atoms with Crippen LogP contribution in [-0.4, -0.2) is 30.7 Å². The van der Waals surface area contributed by atoms with Gasteiger partial charge in [-0.05, 0) is 32.2 Å². The van der Waals surface area contributed by atoms with Gasteiger partial charge in [0, 0.05) is 18.0 Å². The molecule has 18 heavy (non-hydrogen) atoms. The molecule has 1 atom stereocenters. The molecule has 0 aliphatic rings. The van der Waals surface area contributed by atoms with Crippen molar-refractivity contribution in [3.8, 4) is 0 Å². The molecule has 0 radical (unpaired) electrons. The van der Waals surface area contributed by atoms with Crippen LogP contribution in [0.4, 0.5) is 0 Å². The average Bonchev–Trinajstić information content (AvgIpc) is 2.81. The Bertz CT molecular complexity index is 344. The maximum atomic E-state index is 10.3. The van der Waals surface area contributed by atoms with E-state index in [4.69, 9.17) is 0 Å². The Labute approximate surface area is 130 Å². The van der Waals surface area contributed by atoms with Crippen LogP contribution in [0.3, 0.4) is 0 Å². The van der Waals surface area contributed by atoms with Crippen LogP contribution in [0.15, 0.2) is 22.5 Å². The van der Waals surface area contributed by atoms with Gasteiger partial charge in [0.25, 0.3) is 0 Å². The highest BCUT2D eigenvalue weighted by atomic mass is 127. The Morgan fingerprint density at radius 1 is 1.39 bits per heavy atom. The maximum Gasteiger partial charge on any atom is 0.191 e. The van der Waals surface area contributed by atoms with Gasteiger partial charge in [-0.2, -0.15) is 0 Å². The summed E-state index contributed by atoms with van der Waals surface area (Å²) < 4.78 is 0. The van der Waals surface area contributed by atoms with Crippen molar-refractivity contribution in [1.29, 1.82) is 0 Å². The van der Waals surface area contributed by atoms with Crippen molar-refractivity contribution in [2.24, 2.45) is 4.99 Å². The third kappa shape index (κ3) is 5.53. The number of aliphatic imine (C=N–C) groups is 1. The van der Waals surface area contributed by atoms with E-state index in [9.17, 15) is 5.11 Å². The van der Waals surface area contributed by atoms with Crippen LogP contribution < -0.4 is 10.6 Å². The predicted molar refractivity (Wildman–Crippen MR) is 89.0 cm³/mol. The summed E-state index contributed by atoms with van der Waals surface area (Å²) in [5, 5.41) is 18.5. The molecule has 1 unspecified atom stereocenters. The summed E-state index contributed by atoms with van der Waals surface area (Å²) in [5.74, 6) is 0.742. The second-order valence-corrected chi connectivity index (χ2v) is 4.92. The topological polar surface area (TPSA) is 56.7 Å². The van der Waals surface area contributed by atoms with Crippen LogP contribution in [0, 0.1) is 0 Å². The van der Waals surface area contributed by atoms with Crippen molar-refractivity contribution in [2.45, 2.75) is 26.4 Å². The lowest BCUT2D eigenvalue weighted by Gasteiger charge is -2.20. The highest BCUT2D eigenvalue weighted by molar-refractivity contribution is 14.0.